The average Bonchev–Trinajstić information content (AvgIpc) is 3.23. The van der Waals surface area contributed by atoms with Crippen molar-refractivity contribution in [1.82, 2.24) is 5.32 Å². The molecule has 0 aliphatic rings. The zero-order chi connectivity index (χ0) is 45.7. The summed E-state index contributed by atoms with van der Waals surface area (Å²) in [6, 6.07) is -0.873. The first-order chi connectivity index (χ1) is 30.0. The van der Waals surface area contributed by atoms with Crippen molar-refractivity contribution in [3.05, 3.63) is 48.6 Å². The Morgan fingerprint density at radius 2 is 0.919 bits per heavy atom. The third kappa shape index (κ3) is 46.5. The van der Waals surface area contributed by atoms with Crippen LogP contribution in [0.1, 0.15) is 232 Å². The number of aliphatic hydroxyl groups is 1. The van der Waals surface area contributed by atoms with Gasteiger partial charge in [-0.05, 0) is 64.2 Å². The van der Waals surface area contributed by atoms with Crippen LogP contribution in [-0.4, -0.2) is 73.4 Å². The summed E-state index contributed by atoms with van der Waals surface area (Å²) >= 11 is 0. The van der Waals surface area contributed by atoms with Gasteiger partial charge in [-0.3, -0.25) is 13.8 Å². The Morgan fingerprint density at radius 1 is 0.532 bits per heavy atom. The van der Waals surface area contributed by atoms with Crippen LogP contribution in [0.3, 0.4) is 0 Å². The number of nitrogens with one attached hydrogen (secondary N) is 1. The smallest absolute Gasteiger partial charge is 0.387 e. The highest BCUT2D eigenvalue weighted by Gasteiger charge is 2.27. The number of quaternary nitrogens is 1. The first-order valence-corrected chi connectivity index (χ1v) is 27.5. The van der Waals surface area contributed by atoms with Crippen LogP contribution in [0.15, 0.2) is 48.6 Å². The minimum absolute atomic E-state index is 0.0509. The van der Waals surface area contributed by atoms with Crippen molar-refractivity contribution in [3.63, 3.8) is 0 Å². The lowest BCUT2D eigenvalue weighted by Crippen LogP contribution is -2.45. The number of unbranched alkanes of at least 4 members (excludes halogenated alkanes) is 28. The number of carbonyl (C=O) groups excluding carboxylic acids is 1. The summed E-state index contributed by atoms with van der Waals surface area (Å²) in [6.45, 7) is 4.72. The van der Waals surface area contributed by atoms with Gasteiger partial charge >= 0.3 is 7.82 Å². The Bertz CT molecular complexity index is 1150. The van der Waals surface area contributed by atoms with Gasteiger partial charge in [0.25, 0.3) is 0 Å². The predicted molar refractivity (Wildman–Crippen MR) is 267 cm³/mol. The Labute approximate surface area is 384 Å². The van der Waals surface area contributed by atoms with Crippen molar-refractivity contribution in [2.24, 2.45) is 0 Å². The molecule has 0 heterocycles. The van der Waals surface area contributed by atoms with E-state index >= 15 is 0 Å². The molecule has 0 aromatic heterocycles. The minimum atomic E-state index is -4.35. The van der Waals surface area contributed by atoms with E-state index in [1.54, 1.807) is 6.08 Å². The molecule has 0 aromatic rings. The number of hydrogen-bond acceptors (Lipinski definition) is 5. The van der Waals surface area contributed by atoms with Crippen LogP contribution < -0.4 is 5.32 Å². The van der Waals surface area contributed by atoms with E-state index in [-0.39, 0.29) is 19.1 Å². The standard InChI is InChI=1S/C53H101N2O6P/c1-6-8-10-12-14-16-18-19-20-21-22-23-24-25-26-27-28-29-30-31-32-33-34-35-36-37-38-40-42-44-46-52(56)51(50-61-62(58,59)60-49-48-55(3,4)5)54-53(57)47-45-43-41-39-17-15-13-11-9-7-2/h11,13,33-34,37-38,44,46,51-52,56H,6-10,12,14-32,35-36,39-43,45,47-50H2,1-5H3,(H-,54,57,58,59)/p+1/b13-11-,34-33+,38-37+,46-44+. The molecular formula is C53H102N2O6P+. The zero-order valence-electron chi connectivity index (χ0n) is 41.4. The summed E-state index contributed by atoms with van der Waals surface area (Å²) in [5, 5.41) is 13.8. The summed E-state index contributed by atoms with van der Waals surface area (Å²) in [4.78, 5) is 23.1. The lowest BCUT2D eigenvalue weighted by molar-refractivity contribution is -0.870. The van der Waals surface area contributed by atoms with E-state index in [2.05, 4.69) is 55.6 Å². The molecule has 0 rings (SSSR count). The highest BCUT2D eigenvalue weighted by molar-refractivity contribution is 7.47. The second-order valence-corrected chi connectivity index (χ2v) is 20.3. The molecule has 9 heteroatoms. The summed E-state index contributed by atoms with van der Waals surface area (Å²) in [5.41, 5.74) is 0. The lowest BCUT2D eigenvalue weighted by Gasteiger charge is -2.25. The Hall–Kier alpha value is -1.54. The van der Waals surface area contributed by atoms with Crippen molar-refractivity contribution < 1.29 is 32.9 Å². The van der Waals surface area contributed by atoms with Gasteiger partial charge in [0.1, 0.15) is 13.2 Å². The van der Waals surface area contributed by atoms with Crippen molar-refractivity contribution in [3.8, 4) is 0 Å². The predicted octanol–water partition coefficient (Wildman–Crippen LogP) is 15.2. The summed E-state index contributed by atoms with van der Waals surface area (Å²) in [5.74, 6) is -0.204. The number of rotatable bonds is 47. The summed E-state index contributed by atoms with van der Waals surface area (Å²) < 4.78 is 23.5. The van der Waals surface area contributed by atoms with Gasteiger partial charge in [0.2, 0.25) is 5.91 Å². The summed E-state index contributed by atoms with van der Waals surface area (Å²) in [6.07, 6.45) is 58.1. The molecule has 3 atom stereocenters. The zero-order valence-corrected chi connectivity index (χ0v) is 42.3. The average molecular weight is 894 g/mol. The largest absolute Gasteiger partial charge is 0.472 e. The third-order valence-electron chi connectivity index (χ3n) is 11.5. The van der Waals surface area contributed by atoms with Crippen LogP contribution in [0.4, 0.5) is 0 Å². The van der Waals surface area contributed by atoms with Crippen LogP contribution >= 0.6 is 7.82 Å². The SMILES string of the molecule is CCC/C=C\CCCCCCCC(=O)NC(COP(=O)(O)OCC[N+](C)(C)C)C(O)/C=C/CC/C=C/CC/C=C/CCCCCCCCCCCCCCCCCCCCCC. The van der Waals surface area contributed by atoms with Crippen LogP contribution in [-0.2, 0) is 18.4 Å². The van der Waals surface area contributed by atoms with Crippen LogP contribution in [0.5, 0.6) is 0 Å². The molecule has 8 nitrogen and oxygen atoms in total. The highest BCUT2D eigenvalue weighted by Crippen LogP contribution is 2.43. The van der Waals surface area contributed by atoms with Gasteiger partial charge in [-0.15, -0.1) is 0 Å². The van der Waals surface area contributed by atoms with Gasteiger partial charge < -0.3 is 19.8 Å². The minimum Gasteiger partial charge on any atom is -0.387 e. The molecular weight excluding hydrogens is 792 g/mol. The molecule has 0 aliphatic carbocycles. The summed E-state index contributed by atoms with van der Waals surface area (Å²) in [7, 11) is 1.54. The van der Waals surface area contributed by atoms with E-state index in [1.807, 2.05) is 27.2 Å². The molecule has 0 radical (unpaired) electrons. The van der Waals surface area contributed by atoms with Gasteiger partial charge in [-0.1, -0.05) is 210 Å². The number of hydrogen-bond donors (Lipinski definition) is 3. The molecule has 0 saturated carbocycles. The molecule has 0 aromatic carbocycles. The fraction of sp³-hybridized carbons (Fsp3) is 0.830. The number of allylic oxidation sites excluding steroid dienone is 7. The molecule has 3 N–H and O–H groups in total. The second kappa shape index (κ2) is 44.7. The molecule has 3 unspecified atom stereocenters. The monoisotopic (exact) mass is 894 g/mol. The molecule has 0 fully saturated rings. The van der Waals surface area contributed by atoms with E-state index in [0.29, 0.717) is 17.4 Å². The van der Waals surface area contributed by atoms with Gasteiger partial charge in [-0.25, -0.2) is 4.57 Å². The van der Waals surface area contributed by atoms with Crippen molar-refractivity contribution in [2.75, 3.05) is 40.9 Å². The molecule has 0 bridgehead atoms. The van der Waals surface area contributed by atoms with E-state index in [1.165, 1.54) is 141 Å². The Morgan fingerprint density at radius 3 is 1.35 bits per heavy atom. The fourth-order valence-electron chi connectivity index (χ4n) is 7.37. The first-order valence-electron chi connectivity index (χ1n) is 26.0. The van der Waals surface area contributed by atoms with Gasteiger partial charge in [-0.2, -0.15) is 0 Å². The van der Waals surface area contributed by atoms with Gasteiger partial charge in [0, 0.05) is 6.42 Å². The van der Waals surface area contributed by atoms with Gasteiger partial charge in [0.05, 0.1) is 39.9 Å². The van der Waals surface area contributed by atoms with Crippen molar-refractivity contribution >= 4 is 13.7 Å². The van der Waals surface area contributed by atoms with E-state index in [0.717, 1.165) is 70.6 Å². The second-order valence-electron chi connectivity index (χ2n) is 18.9. The van der Waals surface area contributed by atoms with E-state index in [9.17, 15) is 19.4 Å². The van der Waals surface area contributed by atoms with Crippen molar-refractivity contribution in [1.29, 1.82) is 0 Å². The number of nitrogens with zero attached hydrogens (tertiary/aromatic N) is 1. The Balaban J connectivity index is 4.18. The number of phosphoric acid groups is 1. The molecule has 1 amide bonds. The lowest BCUT2D eigenvalue weighted by atomic mass is 10.0. The third-order valence-corrected chi connectivity index (χ3v) is 12.5. The van der Waals surface area contributed by atoms with Crippen LogP contribution in [0.2, 0.25) is 0 Å². The molecule has 62 heavy (non-hydrogen) atoms. The van der Waals surface area contributed by atoms with Crippen molar-refractivity contribution in [2.45, 2.75) is 244 Å². The van der Waals surface area contributed by atoms with Gasteiger partial charge in [0.15, 0.2) is 0 Å². The van der Waals surface area contributed by atoms with Crippen LogP contribution in [0, 0.1) is 0 Å². The normalized spacial score (nSPS) is 14.5. The molecule has 0 aliphatic heterocycles. The highest BCUT2D eigenvalue weighted by atomic mass is 31.2. The van der Waals surface area contributed by atoms with E-state index in [4.69, 9.17) is 9.05 Å². The molecule has 364 valence electrons. The number of amides is 1. The topological polar surface area (TPSA) is 105 Å². The number of likely N-dealkylation sites (N-methyl/N-ethyl adjacent to an activating group) is 1. The van der Waals surface area contributed by atoms with Crippen LogP contribution in [0.25, 0.3) is 0 Å². The maximum absolute atomic E-state index is 12.8. The van der Waals surface area contributed by atoms with E-state index < -0.39 is 20.0 Å². The number of phosphoric ester groups is 1. The molecule has 0 spiro atoms. The maximum Gasteiger partial charge on any atom is 0.472 e. The molecule has 0 saturated heterocycles. The fourth-order valence-corrected chi connectivity index (χ4v) is 8.11. The number of aliphatic hydroxyl groups excluding tert-OH is 1. The maximum atomic E-state index is 12.8. The number of carbonyl (C=O) groups is 1. The first kappa shape index (κ1) is 60.5. The Kier molecular flexibility index (Phi) is 43.5. The quantitative estimate of drug-likeness (QED) is 0.0243.